The number of benzene rings is 3. The Morgan fingerprint density at radius 1 is 1.00 bits per heavy atom. The van der Waals surface area contributed by atoms with Crippen molar-refractivity contribution in [3.63, 3.8) is 0 Å². The van der Waals surface area contributed by atoms with Crippen molar-refractivity contribution in [3.05, 3.63) is 92.3 Å². The van der Waals surface area contributed by atoms with Crippen LogP contribution in [0.4, 0.5) is 13.2 Å². The highest BCUT2D eigenvalue weighted by Gasteiger charge is 2.40. The van der Waals surface area contributed by atoms with E-state index in [1.54, 1.807) is 13.0 Å². The molecule has 1 heterocycles. The van der Waals surface area contributed by atoms with Gasteiger partial charge in [0.25, 0.3) is 5.76 Å². The molecule has 0 saturated heterocycles. The van der Waals surface area contributed by atoms with Crippen LogP contribution in [-0.4, -0.2) is 12.6 Å². The number of esters is 1. The third kappa shape index (κ3) is 5.27. The molecule has 0 saturated carbocycles. The van der Waals surface area contributed by atoms with Crippen LogP contribution in [-0.2, 0) is 6.18 Å². The second-order valence-corrected chi connectivity index (χ2v) is 8.08. The topological polar surface area (TPSA) is 75.0 Å². The molecule has 0 aliphatic carbocycles. The minimum absolute atomic E-state index is 0.0182. The van der Waals surface area contributed by atoms with Crippen molar-refractivity contribution in [1.82, 2.24) is 0 Å². The van der Waals surface area contributed by atoms with Crippen LogP contribution >= 0.6 is 23.2 Å². The predicted molar refractivity (Wildman–Crippen MR) is 127 cm³/mol. The smallest absolute Gasteiger partial charge is 0.453 e. The molecule has 0 amide bonds. The largest absolute Gasteiger partial charge is 0.490 e. The van der Waals surface area contributed by atoms with Gasteiger partial charge in [0.1, 0.15) is 11.3 Å². The average Bonchev–Trinajstić information content (AvgIpc) is 2.81. The molecule has 0 fully saturated rings. The van der Waals surface area contributed by atoms with Gasteiger partial charge < -0.3 is 18.6 Å². The quantitative estimate of drug-likeness (QED) is 0.186. The van der Waals surface area contributed by atoms with Crippen molar-refractivity contribution in [2.75, 3.05) is 6.61 Å². The summed E-state index contributed by atoms with van der Waals surface area (Å²) < 4.78 is 62.6. The normalized spacial score (nSPS) is 11.4. The zero-order valence-electron chi connectivity index (χ0n) is 18.3. The standard InChI is InChI=1S/C25H15Cl2F3O6/c1-2-33-18-5-3-4-6-19(18)35-22-21(31)16-10-8-14(12-20(16)36-23(22)25(28,29)30)34-24(32)15-9-7-13(26)11-17(15)27/h3-12H,2H2,1H3. The fraction of sp³-hybridized carbons (Fsp3) is 0.120. The van der Waals surface area contributed by atoms with E-state index >= 15 is 0 Å². The lowest BCUT2D eigenvalue weighted by atomic mass is 10.2. The molecule has 0 aliphatic heterocycles. The molecule has 0 bridgehead atoms. The molecule has 6 nitrogen and oxygen atoms in total. The third-order valence-electron chi connectivity index (χ3n) is 4.80. The van der Waals surface area contributed by atoms with Crippen LogP contribution in [0, 0.1) is 0 Å². The van der Waals surface area contributed by atoms with E-state index in [0.29, 0.717) is 5.02 Å². The fourth-order valence-corrected chi connectivity index (χ4v) is 3.72. The molecule has 0 spiro atoms. The molecule has 36 heavy (non-hydrogen) atoms. The minimum Gasteiger partial charge on any atom is -0.490 e. The highest BCUT2D eigenvalue weighted by Crippen LogP contribution is 2.40. The molecular weight excluding hydrogens is 524 g/mol. The number of hydrogen-bond donors (Lipinski definition) is 0. The first-order chi connectivity index (χ1) is 17.1. The fourth-order valence-electron chi connectivity index (χ4n) is 3.24. The summed E-state index contributed by atoms with van der Waals surface area (Å²) in [6, 6.07) is 13.4. The average molecular weight is 539 g/mol. The van der Waals surface area contributed by atoms with E-state index in [1.165, 1.54) is 42.5 Å². The Kier molecular flexibility index (Phi) is 7.14. The molecule has 0 unspecified atom stereocenters. The van der Waals surface area contributed by atoms with E-state index in [0.717, 1.165) is 12.1 Å². The van der Waals surface area contributed by atoms with Crippen LogP contribution in [0.3, 0.4) is 0 Å². The van der Waals surface area contributed by atoms with Gasteiger partial charge in [-0.05, 0) is 49.4 Å². The first kappa shape index (κ1) is 25.4. The number of carbonyl (C=O) groups excluding carboxylic acids is 1. The molecule has 3 aromatic carbocycles. The Labute approximate surface area is 211 Å². The molecule has 0 aliphatic rings. The Morgan fingerprint density at radius 3 is 2.39 bits per heavy atom. The summed E-state index contributed by atoms with van der Waals surface area (Å²) in [4.78, 5) is 25.5. The molecule has 11 heteroatoms. The van der Waals surface area contributed by atoms with Gasteiger partial charge in [0, 0.05) is 11.1 Å². The summed E-state index contributed by atoms with van der Waals surface area (Å²) in [5, 5.41) is 0.0927. The number of rotatable bonds is 6. The van der Waals surface area contributed by atoms with Gasteiger partial charge >= 0.3 is 12.1 Å². The number of para-hydroxylation sites is 2. The number of fused-ring (bicyclic) bond motifs is 1. The molecular formula is C25H15Cl2F3O6. The van der Waals surface area contributed by atoms with Crippen molar-refractivity contribution >= 4 is 40.1 Å². The van der Waals surface area contributed by atoms with Crippen molar-refractivity contribution in [2.24, 2.45) is 0 Å². The number of alkyl halides is 3. The summed E-state index contributed by atoms with van der Waals surface area (Å²) in [6.45, 7) is 1.91. The van der Waals surface area contributed by atoms with Crippen LogP contribution in [0.1, 0.15) is 23.0 Å². The second-order valence-electron chi connectivity index (χ2n) is 7.24. The maximum absolute atomic E-state index is 13.9. The van der Waals surface area contributed by atoms with Gasteiger partial charge in [-0.1, -0.05) is 35.3 Å². The number of hydrogen-bond acceptors (Lipinski definition) is 6. The predicted octanol–water partition coefficient (Wildman–Crippen LogP) is 7.53. The van der Waals surface area contributed by atoms with Crippen LogP contribution in [0.2, 0.25) is 10.0 Å². The zero-order chi connectivity index (χ0) is 26.0. The number of carbonyl (C=O) groups is 1. The van der Waals surface area contributed by atoms with E-state index in [9.17, 15) is 22.8 Å². The van der Waals surface area contributed by atoms with Crippen molar-refractivity contribution in [2.45, 2.75) is 13.1 Å². The first-order valence-electron chi connectivity index (χ1n) is 10.3. The van der Waals surface area contributed by atoms with E-state index in [1.807, 2.05) is 0 Å². The van der Waals surface area contributed by atoms with Gasteiger partial charge in [-0.15, -0.1) is 0 Å². The van der Waals surface area contributed by atoms with Crippen LogP contribution in [0.5, 0.6) is 23.0 Å². The van der Waals surface area contributed by atoms with Gasteiger partial charge in [0.05, 0.1) is 22.6 Å². The number of halogens is 5. The third-order valence-corrected chi connectivity index (χ3v) is 5.35. The van der Waals surface area contributed by atoms with Gasteiger partial charge in [0.15, 0.2) is 11.5 Å². The van der Waals surface area contributed by atoms with Crippen LogP contribution in [0.25, 0.3) is 11.0 Å². The van der Waals surface area contributed by atoms with E-state index in [2.05, 4.69) is 0 Å². The molecule has 4 rings (SSSR count). The van der Waals surface area contributed by atoms with Crippen molar-refractivity contribution < 1.29 is 36.6 Å². The Hall–Kier alpha value is -3.69. The SMILES string of the molecule is CCOc1ccccc1Oc1c(C(F)(F)F)oc2cc(OC(=O)c3ccc(Cl)cc3Cl)ccc2c1=O. The zero-order valence-corrected chi connectivity index (χ0v) is 19.8. The lowest BCUT2D eigenvalue weighted by Crippen LogP contribution is -2.16. The molecule has 0 atom stereocenters. The van der Waals surface area contributed by atoms with E-state index < -0.39 is 34.7 Å². The summed E-state index contributed by atoms with van der Waals surface area (Å²) in [7, 11) is 0. The second kappa shape index (κ2) is 10.1. The summed E-state index contributed by atoms with van der Waals surface area (Å²) in [6.07, 6.45) is -5.08. The molecule has 186 valence electrons. The summed E-state index contributed by atoms with van der Waals surface area (Å²) in [5.74, 6) is -3.72. The molecule has 4 aromatic rings. The summed E-state index contributed by atoms with van der Waals surface area (Å²) >= 11 is 11.8. The number of ether oxygens (including phenoxy) is 3. The van der Waals surface area contributed by atoms with Gasteiger partial charge in [0.2, 0.25) is 11.2 Å². The van der Waals surface area contributed by atoms with Crippen molar-refractivity contribution in [1.29, 1.82) is 0 Å². The lowest BCUT2D eigenvalue weighted by Gasteiger charge is -2.15. The molecule has 1 aromatic heterocycles. The Balaban J connectivity index is 1.76. The lowest BCUT2D eigenvalue weighted by molar-refractivity contribution is -0.154. The highest BCUT2D eigenvalue weighted by molar-refractivity contribution is 6.36. The van der Waals surface area contributed by atoms with E-state index in [4.69, 9.17) is 41.8 Å². The monoisotopic (exact) mass is 538 g/mol. The maximum atomic E-state index is 13.9. The van der Waals surface area contributed by atoms with Gasteiger partial charge in [-0.3, -0.25) is 4.79 Å². The van der Waals surface area contributed by atoms with Crippen molar-refractivity contribution in [3.8, 4) is 23.0 Å². The first-order valence-corrected chi connectivity index (χ1v) is 11.1. The Bertz CT molecular complexity index is 1510. The maximum Gasteiger partial charge on any atom is 0.453 e. The van der Waals surface area contributed by atoms with Gasteiger partial charge in [-0.2, -0.15) is 13.2 Å². The van der Waals surface area contributed by atoms with Gasteiger partial charge in [-0.25, -0.2) is 4.79 Å². The molecule has 0 N–H and O–H groups in total. The highest BCUT2D eigenvalue weighted by atomic mass is 35.5. The van der Waals surface area contributed by atoms with E-state index in [-0.39, 0.29) is 39.8 Å². The molecule has 0 radical (unpaired) electrons. The summed E-state index contributed by atoms with van der Waals surface area (Å²) in [5.41, 5.74) is -1.56. The Morgan fingerprint density at radius 2 is 1.72 bits per heavy atom. The van der Waals surface area contributed by atoms with Crippen LogP contribution in [0.15, 0.2) is 69.9 Å². The van der Waals surface area contributed by atoms with Crippen LogP contribution < -0.4 is 19.6 Å². The minimum atomic E-state index is -5.08.